The van der Waals surface area contributed by atoms with E-state index in [-0.39, 0.29) is 25.2 Å². The first-order valence-corrected chi connectivity index (χ1v) is 12.3. The molecule has 1 atom stereocenters. The first kappa shape index (κ1) is 27.7. The maximum Gasteiger partial charge on any atom is 0.329 e. The average Bonchev–Trinajstić information content (AvgIpc) is 3.38. The number of hydrazone groups is 1. The minimum atomic E-state index is -0.871. The topological polar surface area (TPSA) is 127 Å². The fourth-order valence-electron chi connectivity index (χ4n) is 4.00. The highest BCUT2D eigenvalue weighted by Crippen LogP contribution is 2.28. The Labute approximate surface area is 216 Å². The van der Waals surface area contributed by atoms with Crippen LogP contribution in [0, 0.1) is 20.8 Å². The van der Waals surface area contributed by atoms with Crippen molar-refractivity contribution in [3.63, 3.8) is 0 Å². The van der Waals surface area contributed by atoms with Crippen LogP contribution in [0.4, 0.5) is 5.69 Å². The van der Waals surface area contributed by atoms with E-state index in [1.54, 1.807) is 18.2 Å². The summed E-state index contributed by atoms with van der Waals surface area (Å²) in [7, 11) is 0. The largest absolute Gasteiger partial charge is 0.490 e. The van der Waals surface area contributed by atoms with Crippen LogP contribution in [0.15, 0.2) is 35.4 Å². The molecule has 0 saturated carbocycles. The second-order valence-electron chi connectivity index (χ2n) is 8.79. The molecule has 1 fully saturated rings. The van der Waals surface area contributed by atoms with Gasteiger partial charge in [-0.15, -0.1) is 0 Å². The molecule has 198 valence electrons. The van der Waals surface area contributed by atoms with E-state index in [0.717, 1.165) is 35.2 Å². The highest BCUT2D eigenvalue weighted by Gasteiger charge is 2.19. The minimum absolute atomic E-state index is 0.0557. The zero-order valence-electron chi connectivity index (χ0n) is 21.7. The Morgan fingerprint density at radius 2 is 1.81 bits per heavy atom. The van der Waals surface area contributed by atoms with Crippen LogP contribution in [0.3, 0.4) is 0 Å². The van der Waals surface area contributed by atoms with E-state index in [0.29, 0.717) is 30.3 Å². The Hall–Kier alpha value is -3.92. The first-order valence-electron chi connectivity index (χ1n) is 12.3. The third-order valence-electron chi connectivity index (χ3n) is 5.67. The zero-order valence-corrected chi connectivity index (χ0v) is 21.7. The summed E-state index contributed by atoms with van der Waals surface area (Å²) in [5.41, 5.74) is 6.68. The van der Waals surface area contributed by atoms with Crippen molar-refractivity contribution in [3.8, 4) is 11.5 Å². The molecular weight excluding hydrogens is 476 g/mol. The van der Waals surface area contributed by atoms with Crippen LogP contribution >= 0.6 is 0 Å². The Bertz CT molecular complexity index is 1130. The Kier molecular flexibility index (Phi) is 10.0. The molecule has 0 radical (unpaired) electrons. The van der Waals surface area contributed by atoms with Crippen molar-refractivity contribution in [2.75, 3.05) is 31.7 Å². The van der Waals surface area contributed by atoms with Crippen LogP contribution in [0.25, 0.3) is 0 Å². The van der Waals surface area contributed by atoms with Gasteiger partial charge in [0.25, 0.3) is 5.91 Å². The number of anilines is 1. The molecule has 3 amide bonds. The third-order valence-corrected chi connectivity index (χ3v) is 5.67. The second-order valence-corrected chi connectivity index (χ2v) is 8.79. The third kappa shape index (κ3) is 8.32. The normalized spacial score (nSPS) is 14.9. The summed E-state index contributed by atoms with van der Waals surface area (Å²) in [4.78, 5) is 36.4. The number of aryl methyl sites for hydroxylation is 3. The number of ether oxygens (including phenoxy) is 3. The van der Waals surface area contributed by atoms with Crippen LogP contribution in [0.5, 0.6) is 11.5 Å². The van der Waals surface area contributed by atoms with Gasteiger partial charge < -0.3 is 24.8 Å². The van der Waals surface area contributed by atoms with Gasteiger partial charge in [0.1, 0.15) is 0 Å². The predicted molar refractivity (Wildman–Crippen MR) is 140 cm³/mol. The van der Waals surface area contributed by atoms with Crippen molar-refractivity contribution in [3.05, 3.63) is 52.6 Å². The molecule has 10 nitrogen and oxygen atoms in total. The fourth-order valence-corrected chi connectivity index (χ4v) is 4.00. The number of rotatable bonds is 10. The van der Waals surface area contributed by atoms with Gasteiger partial charge in [0.05, 0.1) is 18.9 Å². The predicted octanol–water partition coefficient (Wildman–Crippen LogP) is 2.77. The van der Waals surface area contributed by atoms with Crippen LogP contribution in [-0.2, 0) is 19.1 Å². The van der Waals surface area contributed by atoms with Gasteiger partial charge in [0.15, 0.2) is 18.1 Å². The molecule has 1 aliphatic rings. The highest BCUT2D eigenvalue weighted by molar-refractivity contribution is 6.35. The molecule has 0 aliphatic carbocycles. The molecule has 3 N–H and O–H groups in total. The molecule has 0 unspecified atom stereocenters. The number of carbonyl (C=O) groups excluding carboxylic acids is 3. The average molecular weight is 511 g/mol. The molecule has 10 heteroatoms. The van der Waals surface area contributed by atoms with Gasteiger partial charge in [-0.05, 0) is 75.4 Å². The summed E-state index contributed by atoms with van der Waals surface area (Å²) < 4.78 is 16.8. The van der Waals surface area contributed by atoms with E-state index in [1.807, 2.05) is 39.8 Å². The number of carbonyl (C=O) groups is 3. The van der Waals surface area contributed by atoms with E-state index in [9.17, 15) is 14.4 Å². The lowest BCUT2D eigenvalue weighted by Gasteiger charge is -2.15. The first-order chi connectivity index (χ1) is 17.8. The lowest BCUT2D eigenvalue weighted by atomic mass is 10.1. The molecule has 2 aromatic carbocycles. The van der Waals surface area contributed by atoms with Crippen molar-refractivity contribution < 1.29 is 28.6 Å². The number of benzene rings is 2. The lowest BCUT2D eigenvalue weighted by molar-refractivity contribution is -0.139. The lowest BCUT2D eigenvalue weighted by Crippen LogP contribution is -2.41. The number of nitrogens with zero attached hydrogens (tertiary/aromatic N) is 1. The summed E-state index contributed by atoms with van der Waals surface area (Å²) >= 11 is 0. The van der Waals surface area contributed by atoms with E-state index < -0.39 is 11.8 Å². The second kappa shape index (κ2) is 13.4. The minimum Gasteiger partial charge on any atom is -0.490 e. The number of amides is 3. The molecule has 1 heterocycles. The summed E-state index contributed by atoms with van der Waals surface area (Å²) in [6, 6.07) is 9.03. The quantitative estimate of drug-likeness (QED) is 0.256. The molecule has 0 aromatic heterocycles. The molecule has 1 aliphatic heterocycles. The maximum absolute atomic E-state index is 12.5. The standard InChI is InChI=1S/C27H34N4O6/c1-5-35-23-13-20(14-29-31-27(34)26(33)28-15-21-7-6-10-36-21)8-9-22(23)37-16-24(32)30-25-18(3)11-17(2)12-19(25)4/h8-9,11-14,21H,5-7,10,15-16H2,1-4H3,(H,28,33)(H,30,32)(H,31,34)/b29-14-/t21-/m0/s1. The smallest absolute Gasteiger partial charge is 0.329 e. The van der Waals surface area contributed by atoms with Crippen molar-refractivity contribution in [1.29, 1.82) is 0 Å². The van der Waals surface area contributed by atoms with Crippen molar-refractivity contribution in [2.24, 2.45) is 5.10 Å². The van der Waals surface area contributed by atoms with E-state index >= 15 is 0 Å². The van der Waals surface area contributed by atoms with Gasteiger partial charge in [0, 0.05) is 18.8 Å². The number of hydrogen-bond donors (Lipinski definition) is 3. The van der Waals surface area contributed by atoms with Gasteiger partial charge in [-0.3, -0.25) is 14.4 Å². The summed E-state index contributed by atoms with van der Waals surface area (Å²) in [6.45, 7) is 8.88. The molecular formula is C27H34N4O6. The zero-order chi connectivity index (χ0) is 26.8. The maximum atomic E-state index is 12.5. The van der Waals surface area contributed by atoms with Crippen molar-refractivity contribution >= 4 is 29.6 Å². The van der Waals surface area contributed by atoms with Gasteiger partial charge >= 0.3 is 11.8 Å². The Balaban J connectivity index is 1.54. The van der Waals surface area contributed by atoms with E-state index in [4.69, 9.17) is 14.2 Å². The summed E-state index contributed by atoms with van der Waals surface area (Å²) in [6.07, 6.45) is 3.14. The SMILES string of the molecule is CCOc1cc(/C=N\NC(=O)C(=O)NC[C@@H]2CCCO2)ccc1OCC(=O)Nc1c(C)cc(C)cc1C. The summed E-state index contributed by atoms with van der Waals surface area (Å²) in [5.74, 6) is -1.12. The van der Waals surface area contributed by atoms with Crippen LogP contribution < -0.4 is 25.5 Å². The van der Waals surface area contributed by atoms with Gasteiger partial charge in [-0.1, -0.05) is 17.7 Å². The Morgan fingerprint density at radius 3 is 2.49 bits per heavy atom. The molecule has 1 saturated heterocycles. The monoisotopic (exact) mass is 510 g/mol. The fraction of sp³-hybridized carbons (Fsp3) is 0.407. The van der Waals surface area contributed by atoms with Gasteiger partial charge in [0.2, 0.25) is 0 Å². The van der Waals surface area contributed by atoms with Crippen molar-refractivity contribution in [2.45, 2.75) is 46.6 Å². The molecule has 0 bridgehead atoms. The van der Waals surface area contributed by atoms with Crippen LogP contribution in [0.1, 0.15) is 42.0 Å². The van der Waals surface area contributed by atoms with Crippen LogP contribution in [-0.4, -0.2) is 56.4 Å². The molecule has 37 heavy (non-hydrogen) atoms. The molecule has 0 spiro atoms. The molecule has 2 aromatic rings. The number of nitrogens with one attached hydrogen (secondary N) is 3. The molecule has 3 rings (SSSR count). The van der Waals surface area contributed by atoms with Crippen LogP contribution in [0.2, 0.25) is 0 Å². The van der Waals surface area contributed by atoms with Gasteiger partial charge in [-0.2, -0.15) is 5.10 Å². The van der Waals surface area contributed by atoms with E-state index in [2.05, 4.69) is 21.2 Å². The van der Waals surface area contributed by atoms with E-state index in [1.165, 1.54) is 6.21 Å². The van der Waals surface area contributed by atoms with Crippen molar-refractivity contribution in [1.82, 2.24) is 10.7 Å². The summed E-state index contributed by atoms with van der Waals surface area (Å²) in [5, 5.41) is 9.28. The number of hydrogen-bond acceptors (Lipinski definition) is 7. The van der Waals surface area contributed by atoms with Gasteiger partial charge in [-0.25, -0.2) is 5.43 Å². The Morgan fingerprint density at radius 1 is 1.05 bits per heavy atom. The highest BCUT2D eigenvalue weighted by atomic mass is 16.5.